The standard InChI is InChI=1S/C9H16N2O3S/c1-7(12)5-10-9(14)6-11-8(13)3-4-15-2/h3-6H2,1-2H3,(H,10,14)(H,11,13). The van der Waals surface area contributed by atoms with Gasteiger partial charge in [-0.15, -0.1) is 0 Å². The molecule has 0 aromatic rings. The van der Waals surface area contributed by atoms with Crippen molar-refractivity contribution in [2.45, 2.75) is 13.3 Å². The third-order valence-corrected chi connectivity index (χ3v) is 2.13. The van der Waals surface area contributed by atoms with E-state index in [0.717, 1.165) is 5.75 Å². The van der Waals surface area contributed by atoms with Crippen molar-refractivity contribution in [3.63, 3.8) is 0 Å². The molecule has 0 spiro atoms. The lowest BCUT2D eigenvalue weighted by Gasteiger charge is -2.04. The monoisotopic (exact) mass is 232 g/mol. The minimum absolute atomic E-state index is 0.0134. The van der Waals surface area contributed by atoms with Gasteiger partial charge in [-0.3, -0.25) is 14.4 Å². The van der Waals surface area contributed by atoms with Crippen molar-refractivity contribution in [3.8, 4) is 0 Å². The second kappa shape index (κ2) is 8.28. The zero-order chi connectivity index (χ0) is 11.7. The van der Waals surface area contributed by atoms with E-state index in [-0.39, 0.29) is 30.7 Å². The van der Waals surface area contributed by atoms with Gasteiger partial charge in [-0.2, -0.15) is 11.8 Å². The molecule has 0 aliphatic rings. The first kappa shape index (κ1) is 14.0. The van der Waals surface area contributed by atoms with E-state index in [1.54, 1.807) is 11.8 Å². The molecule has 0 bridgehead atoms. The van der Waals surface area contributed by atoms with Gasteiger partial charge in [0.05, 0.1) is 13.1 Å². The van der Waals surface area contributed by atoms with E-state index >= 15 is 0 Å². The number of nitrogens with one attached hydrogen (secondary N) is 2. The zero-order valence-corrected chi connectivity index (χ0v) is 9.78. The molecule has 0 aliphatic heterocycles. The smallest absolute Gasteiger partial charge is 0.239 e. The maximum atomic E-state index is 11.1. The summed E-state index contributed by atoms with van der Waals surface area (Å²) in [6, 6.07) is 0. The number of Topliss-reactive ketones (excluding diaryl/α,β-unsaturated/α-hetero) is 1. The van der Waals surface area contributed by atoms with Crippen molar-refractivity contribution in [2.75, 3.05) is 25.1 Å². The number of hydrogen-bond donors (Lipinski definition) is 2. The molecule has 0 aliphatic carbocycles. The highest BCUT2D eigenvalue weighted by Crippen LogP contribution is 1.94. The molecule has 86 valence electrons. The summed E-state index contributed by atoms with van der Waals surface area (Å²) in [5, 5.41) is 4.85. The highest BCUT2D eigenvalue weighted by molar-refractivity contribution is 7.98. The molecule has 0 unspecified atom stereocenters. The molecule has 0 heterocycles. The number of rotatable bonds is 7. The van der Waals surface area contributed by atoms with Gasteiger partial charge < -0.3 is 10.6 Å². The topological polar surface area (TPSA) is 75.3 Å². The summed E-state index contributed by atoms with van der Waals surface area (Å²) in [7, 11) is 0. The number of carbonyl (C=O) groups is 3. The van der Waals surface area contributed by atoms with Crippen LogP contribution in [0, 0.1) is 0 Å². The first-order valence-corrected chi connectivity index (χ1v) is 5.97. The normalized spacial score (nSPS) is 9.47. The highest BCUT2D eigenvalue weighted by atomic mass is 32.2. The Balaban J connectivity index is 3.53. The van der Waals surface area contributed by atoms with E-state index in [9.17, 15) is 14.4 Å². The minimum Gasteiger partial charge on any atom is -0.348 e. The van der Waals surface area contributed by atoms with Gasteiger partial charge in [0.2, 0.25) is 11.8 Å². The van der Waals surface area contributed by atoms with Crippen LogP contribution in [0.2, 0.25) is 0 Å². The molecule has 0 radical (unpaired) electrons. The van der Waals surface area contributed by atoms with Crippen molar-refractivity contribution >= 4 is 29.4 Å². The van der Waals surface area contributed by atoms with E-state index in [2.05, 4.69) is 10.6 Å². The van der Waals surface area contributed by atoms with Crippen molar-refractivity contribution in [1.82, 2.24) is 10.6 Å². The summed E-state index contributed by atoms with van der Waals surface area (Å²) in [5.74, 6) is 0.128. The van der Waals surface area contributed by atoms with Crippen LogP contribution >= 0.6 is 11.8 Å². The van der Waals surface area contributed by atoms with E-state index in [1.807, 2.05) is 6.26 Å². The third kappa shape index (κ3) is 9.27. The van der Waals surface area contributed by atoms with E-state index < -0.39 is 0 Å². The highest BCUT2D eigenvalue weighted by Gasteiger charge is 2.05. The lowest BCUT2D eigenvalue weighted by Crippen LogP contribution is -2.38. The van der Waals surface area contributed by atoms with Gasteiger partial charge in [-0.25, -0.2) is 0 Å². The largest absolute Gasteiger partial charge is 0.348 e. The SMILES string of the molecule is CSCCC(=O)NCC(=O)NCC(C)=O. The summed E-state index contributed by atoms with van der Waals surface area (Å²) in [5.41, 5.74) is 0. The van der Waals surface area contributed by atoms with Gasteiger partial charge in [0.15, 0.2) is 0 Å². The maximum Gasteiger partial charge on any atom is 0.239 e. The van der Waals surface area contributed by atoms with Crippen LogP contribution in [0.5, 0.6) is 0 Å². The maximum absolute atomic E-state index is 11.1. The molecule has 0 saturated carbocycles. The first-order chi connectivity index (χ1) is 7.06. The summed E-state index contributed by atoms with van der Waals surface area (Å²) < 4.78 is 0. The van der Waals surface area contributed by atoms with Crippen molar-refractivity contribution in [1.29, 1.82) is 0 Å². The average Bonchev–Trinajstić information content (AvgIpc) is 2.20. The number of thioether (sulfide) groups is 1. The molecule has 0 atom stereocenters. The molecule has 5 nitrogen and oxygen atoms in total. The summed E-state index contributed by atoms with van der Waals surface area (Å²) >= 11 is 1.57. The predicted molar refractivity (Wildman–Crippen MR) is 59.7 cm³/mol. The van der Waals surface area contributed by atoms with Crippen LogP contribution < -0.4 is 10.6 Å². The fourth-order valence-electron chi connectivity index (χ4n) is 0.748. The molecule has 2 amide bonds. The van der Waals surface area contributed by atoms with E-state index in [0.29, 0.717) is 6.42 Å². The fraction of sp³-hybridized carbons (Fsp3) is 0.667. The van der Waals surface area contributed by atoms with Crippen molar-refractivity contribution < 1.29 is 14.4 Å². The minimum atomic E-state index is -0.345. The van der Waals surface area contributed by atoms with E-state index in [4.69, 9.17) is 0 Å². The molecule has 0 aromatic heterocycles. The third-order valence-electron chi connectivity index (χ3n) is 1.51. The van der Waals surface area contributed by atoms with Crippen LogP contribution in [0.15, 0.2) is 0 Å². The molecule has 0 aromatic carbocycles. The average molecular weight is 232 g/mol. The Morgan fingerprint density at radius 2 is 1.67 bits per heavy atom. The van der Waals surface area contributed by atoms with Gasteiger partial charge in [0.25, 0.3) is 0 Å². The van der Waals surface area contributed by atoms with Crippen LogP contribution in [-0.4, -0.2) is 42.7 Å². The fourth-order valence-corrected chi connectivity index (χ4v) is 1.14. The number of carbonyl (C=O) groups excluding carboxylic acids is 3. The van der Waals surface area contributed by atoms with Gasteiger partial charge in [-0.1, -0.05) is 0 Å². The van der Waals surface area contributed by atoms with E-state index in [1.165, 1.54) is 6.92 Å². The van der Waals surface area contributed by atoms with Crippen LogP contribution in [0.3, 0.4) is 0 Å². The molecule has 2 N–H and O–H groups in total. The van der Waals surface area contributed by atoms with Gasteiger partial charge in [-0.05, 0) is 13.2 Å². The summed E-state index contributed by atoms with van der Waals surface area (Å²) in [6.07, 6.45) is 2.31. The van der Waals surface area contributed by atoms with Crippen LogP contribution in [-0.2, 0) is 14.4 Å². The lowest BCUT2D eigenvalue weighted by atomic mass is 10.4. The Hall–Kier alpha value is -1.04. The Labute approximate surface area is 93.4 Å². The molecule has 6 heteroatoms. The number of hydrogen-bond acceptors (Lipinski definition) is 4. The Morgan fingerprint density at radius 3 is 2.20 bits per heavy atom. The summed E-state index contributed by atoms with van der Waals surface area (Å²) in [4.78, 5) is 32.6. The Morgan fingerprint density at radius 1 is 1.07 bits per heavy atom. The van der Waals surface area contributed by atoms with Crippen LogP contribution in [0.25, 0.3) is 0 Å². The van der Waals surface area contributed by atoms with Gasteiger partial charge >= 0.3 is 0 Å². The van der Waals surface area contributed by atoms with Crippen LogP contribution in [0.1, 0.15) is 13.3 Å². The van der Waals surface area contributed by atoms with Crippen molar-refractivity contribution in [3.05, 3.63) is 0 Å². The van der Waals surface area contributed by atoms with Gasteiger partial charge in [0.1, 0.15) is 5.78 Å². The molecule has 0 fully saturated rings. The summed E-state index contributed by atoms with van der Waals surface area (Å²) in [6.45, 7) is 1.33. The Bertz CT molecular complexity index is 244. The number of amides is 2. The number of ketones is 1. The second-order valence-electron chi connectivity index (χ2n) is 3.00. The molecular weight excluding hydrogens is 216 g/mol. The first-order valence-electron chi connectivity index (χ1n) is 4.58. The lowest BCUT2D eigenvalue weighted by molar-refractivity contribution is -0.126. The Kier molecular flexibility index (Phi) is 7.71. The molecular formula is C9H16N2O3S. The zero-order valence-electron chi connectivity index (χ0n) is 8.96. The molecule has 0 saturated heterocycles. The molecule has 0 rings (SSSR count). The predicted octanol–water partition coefficient (Wildman–Crippen LogP) is -0.439. The quantitative estimate of drug-likeness (QED) is 0.624. The van der Waals surface area contributed by atoms with Crippen LogP contribution in [0.4, 0.5) is 0 Å². The second-order valence-corrected chi connectivity index (χ2v) is 3.98. The van der Waals surface area contributed by atoms with Gasteiger partial charge in [0, 0.05) is 12.2 Å². The van der Waals surface area contributed by atoms with Crippen molar-refractivity contribution in [2.24, 2.45) is 0 Å². The molecule has 15 heavy (non-hydrogen) atoms.